The second-order valence-corrected chi connectivity index (χ2v) is 8.14. The van der Waals surface area contributed by atoms with Crippen LogP contribution in [0.2, 0.25) is 0 Å². The molecule has 1 saturated heterocycles. The smallest absolute Gasteiger partial charge is 0.238 e. The quantitative estimate of drug-likeness (QED) is 0.844. The van der Waals surface area contributed by atoms with Crippen molar-refractivity contribution in [1.29, 1.82) is 5.26 Å². The molecule has 1 atom stereocenters. The van der Waals surface area contributed by atoms with Crippen LogP contribution >= 0.6 is 0 Å². The molecule has 1 aromatic rings. The summed E-state index contributed by atoms with van der Waals surface area (Å²) in [4.78, 5) is 2.22. The van der Waals surface area contributed by atoms with E-state index in [0.29, 0.717) is 11.0 Å². The van der Waals surface area contributed by atoms with Crippen LogP contribution in [-0.2, 0) is 10.0 Å². The summed E-state index contributed by atoms with van der Waals surface area (Å²) in [5.74, 6) is 0. The standard InChI is InChI=1S/C17H21N3O2S/c18-12-14-11-15(23(19,21)22)5-6-16(14)20-10-4-9-17(13-20)7-2-1-3-8-17/h1-2,5-6,11H,3-4,7-10,13H2,(H2,19,21,22). The van der Waals surface area contributed by atoms with Crippen molar-refractivity contribution in [3.05, 3.63) is 35.9 Å². The van der Waals surface area contributed by atoms with Gasteiger partial charge in [0.05, 0.1) is 16.1 Å². The van der Waals surface area contributed by atoms with Crippen LogP contribution in [0.5, 0.6) is 0 Å². The van der Waals surface area contributed by atoms with Gasteiger partial charge in [0, 0.05) is 13.1 Å². The minimum atomic E-state index is -3.79. The number of rotatable bonds is 2. The minimum Gasteiger partial charge on any atom is -0.370 e. The van der Waals surface area contributed by atoms with Gasteiger partial charge in [-0.15, -0.1) is 0 Å². The molecule has 1 unspecified atom stereocenters. The number of nitrogens with two attached hydrogens (primary N) is 1. The van der Waals surface area contributed by atoms with Crippen LogP contribution in [0, 0.1) is 16.7 Å². The van der Waals surface area contributed by atoms with Gasteiger partial charge in [-0.25, -0.2) is 13.6 Å². The Morgan fingerprint density at radius 2 is 2.09 bits per heavy atom. The number of hydrogen-bond acceptors (Lipinski definition) is 4. The molecule has 5 nitrogen and oxygen atoms in total. The van der Waals surface area contributed by atoms with Gasteiger partial charge in [-0.1, -0.05) is 12.2 Å². The number of hydrogen-bond donors (Lipinski definition) is 1. The van der Waals surface area contributed by atoms with E-state index in [2.05, 4.69) is 23.1 Å². The van der Waals surface area contributed by atoms with Gasteiger partial charge < -0.3 is 4.90 Å². The maximum absolute atomic E-state index is 11.5. The number of piperidine rings is 1. The lowest BCUT2D eigenvalue weighted by molar-refractivity contribution is 0.209. The van der Waals surface area contributed by atoms with Crippen LogP contribution in [0.1, 0.15) is 37.7 Å². The highest BCUT2D eigenvalue weighted by molar-refractivity contribution is 7.89. The Morgan fingerprint density at radius 3 is 2.74 bits per heavy atom. The van der Waals surface area contributed by atoms with E-state index in [-0.39, 0.29) is 4.90 Å². The average Bonchev–Trinajstić information content (AvgIpc) is 2.54. The van der Waals surface area contributed by atoms with Crippen molar-refractivity contribution in [2.45, 2.75) is 37.0 Å². The van der Waals surface area contributed by atoms with Gasteiger partial charge >= 0.3 is 0 Å². The van der Waals surface area contributed by atoms with E-state index in [1.54, 1.807) is 6.07 Å². The lowest BCUT2D eigenvalue weighted by atomic mass is 9.71. The van der Waals surface area contributed by atoms with Crippen LogP contribution in [0.25, 0.3) is 0 Å². The highest BCUT2D eigenvalue weighted by Crippen LogP contribution is 2.42. The fraction of sp³-hybridized carbons (Fsp3) is 0.471. The predicted molar refractivity (Wildman–Crippen MR) is 89.4 cm³/mol. The summed E-state index contributed by atoms with van der Waals surface area (Å²) < 4.78 is 23.0. The molecule has 1 aliphatic carbocycles. The van der Waals surface area contributed by atoms with Crippen molar-refractivity contribution in [2.24, 2.45) is 10.6 Å². The predicted octanol–water partition coefficient (Wildman–Crippen LogP) is 2.53. The van der Waals surface area contributed by atoms with E-state index in [9.17, 15) is 13.7 Å². The SMILES string of the molecule is N#Cc1cc(S(N)(=O)=O)ccc1N1CCCC2(CC=CCC2)C1. The second kappa shape index (κ2) is 5.99. The highest BCUT2D eigenvalue weighted by atomic mass is 32.2. The lowest BCUT2D eigenvalue weighted by Gasteiger charge is -2.45. The molecule has 1 spiro atoms. The third-order valence-corrected chi connectivity index (χ3v) is 5.89. The lowest BCUT2D eigenvalue weighted by Crippen LogP contribution is -2.44. The maximum Gasteiger partial charge on any atom is 0.238 e. The summed E-state index contributed by atoms with van der Waals surface area (Å²) in [7, 11) is -3.79. The molecule has 0 amide bonds. The molecule has 2 aliphatic rings. The second-order valence-electron chi connectivity index (χ2n) is 6.58. The Kier molecular flexibility index (Phi) is 4.17. The molecule has 3 rings (SSSR count). The maximum atomic E-state index is 11.5. The number of benzene rings is 1. The Morgan fingerprint density at radius 1 is 1.26 bits per heavy atom. The summed E-state index contributed by atoms with van der Waals surface area (Å²) in [6.07, 6.45) is 10.2. The number of sulfonamides is 1. The molecule has 122 valence electrons. The molecule has 6 heteroatoms. The molecular formula is C17H21N3O2S. The minimum absolute atomic E-state index is 0.00915. The van der Waals surface area contributed by atoms with Gasteiger partial charge in [0.1, 0.15) is 6.07 Å². The Bertz CT molecular complexity index is 780. The van der Waals surface area contributed by atoms with E-state index >= 15 is 0 Å². The fourth-order valence-electron chi connectivity index (χ4n) is 3.78. The van der Waals surface area contributed by atoms with Crippen LogP contribution < -0.4 is 10.0 Å². The van der Waals surface area contributed by atoms with Crippen molar-refractivity contribution in [2.75, 3.05) is 18.0 Å². The largest absolute Gasteiger partial charge is 0.370 e. The molecule has 0 aromatic heterocycles. The van der Waals surface area contributed by atoms with E-state index in [1.807, 2.05) is 0 Å². The number of allylic oxidation sites excluding steroid dienone is 2. The van der Waals surface area contributed by atoms with E-state index in [4.69, 9.17) is 5.14 Å². The van der Waals surface area contributed by atoms with Gasteiger partial charge in [-0.3, -0.25) is 0 Å². The van der Waals surface area contributed by atoms with Gasteiger partial charge in [-0.2, -0.15) is 5.26 Å². The van der Waals surface area contributed by atoms with Gasteiger partial charge in [0.15, 0.2) is 0 Å². The van der Waals surface area contributed by atoms with Gasteiger partial charge in [0.2, 0.25) is 10.0 Å². The summed E-state index contributed by atoms with van der Waals surface area (Å²) in [5, 5.41) is 14.6. The first-order chi connectivity index (χ1) is 10.9. The average molecular weight is 331 g/mol. The Labute approximate surface area is 137 Å². The van der Waals surface area contributed by atoms with Crippen LogP contribution in [0.15, 0.2) is 35.2 Å². The first-order valence-corrected chi connectivity index (χ1v) is 9.45. The first kappa shape index (κ1) is 16.0. The third kappa shape index (κ3) is 3.26. The van der Waals surface area contributed by atoms with E-state index in [1.165, 1.54) is 25.0 Å². The summed E-state index contributed by atoms with van der Waals surface area (Å²) in [6, 6.07) is 6.71. The molecule has 0 radical (unpaired) electrons. The Hall–Kier alpha value is -1.84. The normalized spacial score (nSPS) is 24.6. The van der Waals surface area contributed by atoms with Crippen molar-refractivity contribution in [3.8, 4) is 6.07 Å². The van der Waals surface area contributed by atoms with Crippen molar-refractivity contribution >= 4 is 15.7 Å². The van der Waals surface area contributed by atoms with Gasteiger partial charge in [0.25, 0.3) is 0 Å². The molecule has 1 aliphatic heterocycles. The zero-order valence-electron chi connectivity index (χ0n) is 13.0. The van der Waals surface area contributed by atoms with Gasteiger partial charge in [-0.05, 0) is 55.7 Å². The molecule has 2 N–H and O–H groups in total. The van der Waals surface area contributed by atoms with E-state index < -0.39 is 10.0 Å². The van der Waals surface area contributed by atoms with Crippen LogP contribution in [0.3, 0.4) is 0 Å². The summed E-state index contributed by atoms with van der Waals surface area (Å²) in [6.45, 7) is 1.82. The summed E-state index contributed by atoms with van der Waals surface area (Å²) >= 11 is 0. The molecule has 1 aromatic carbocycles. The molecule has 0 bridgehead atoms. The third-order valence-electron chi connectivity index (χ3n) is 4.98. The van der Waals surface area contributed by atoms with Crippen molar-refractivity contribution in [3.63, 3.8) is 0 Å². The highest BCUT2D eigenvalue weighted by Gasteiger charge is 2.35. The first-order valence-electron chi connectivity index (χ1n) is 7.90. The number of primary sulfonamides is 1. The van der Waals surface area contributed by atoms with E-state index in [0.717, 1.165) is 38.0 Å². The molecule has 1 fully saturated rings. The monoisotopic (exact) mass is 331 g/mol. The Balaban J connectivity index is 1.92. The van der Waals surface area contributed by atoms with Crippen LogP contribution in [0.4, 0.5) is 5.69 Å². The fourth-order valence-corrected chi connectivity index (χ4v) is 4.32. The molecule has 1 heterocycles. The van der Waals surface area contributed by atoms with Crippen molar-refractivity contribution in [1.82, 2.24) is 0 Å². The number of nitriles is 1. The molecule has 23 heavy (non-hydrogen) atoms. The molecular weight excluding hydrogens is 310 g/mol. The zero-order chi connectivity index (χ0) is 16.5. The zero-order valence-corrected chi connectivity index (χ0v) is 13.8. The summed E-state index contributed by atoms with van der Waals surface area (Å²) in [5.41, 5.74) is 1.48. The molecule has 0 saturated carbocycles. The van der Waals surface area contributed by atoms with Crippen molar-refractivity contribution < 1.29 is 8.42 Å². The van der Waals surface area contributed by atoms with Crippen LogP contribution in [-0.4, -0.2) is 21.5 Å². The number of anilines is 1. The topological polar surface area (TPSA) is 87.2 Å². The number of nitrogens with zero attached hydrogens (tertiary/aromatic N) is 2.